The summed E-state index contributed by atoms with van der Waals surface area (Å²) in [5.74, 6) is 0.285. The van der Waals surface area contributed by atoms with E-state index in [9.17, 15) is 4.79 Å². The number of nitrogens with zero attached hydrogens (tertiary/aromatic N) is 1. The molecule has 92 valence electrons. The predicted octanol–water partition coefficient (Wildman–Crippen LogP) is 3.13. The minimum Gasteiger partial charge on any atom is -0.299 e. The Bertz CT molecular complexity index is 520. The molecule has 2 aromatic rings. The summed E-state index contributed by atoms with van der Waals surface area (Å²) >= 11 is 0. The van der Waals surface area contributed by atoms with Gasteiger partial charge in [0.15, 0.2) is 0 Å². The molecule has 0 radical (unpaired) electrons. The SMILES string of the molecule is Cc1ccccc1CC(=O)CCc1cccnc1. The van der Waals surface area contributed by atoms with Crippen LogP contribution < -0.4 is 0 Å². The number of hydrogen-bond acceptors (Lipinski definition) is 2. The Balaban J connectivity index is 1.88. The van der Waals surface area contributed by atoms with Gasteiger partial charge in [0, 0.05) is 25.2 Å². The summed E-state index contributed by atoms with van der Waals surface area (Å²) in [5, 5.41) is 0. The molecule has 0 bridgehead atoms. The molecule has 0 aliphatic rings. The van der Waals surface area contributed by atoms with E-state index in [0.29, 0.717) is 12.8 Å². The van der Waals surface area contributed by atoms with Gasteiger partial charge in [-0.15, -0.1) is 0 Å². The summed E-state index contributed by atoms with van der Waals surface area (Å²) in [5.41, 5.74) is 3.44. The zero-order valence-corrected chi connectivity index (χ0v) is 10.6. The summed E-state index contributed by atoms with van der Waals surface area (Å²) in [4.78, 5) is 16.0. The third-order valence-electron chi connectivity index (χ3n) is 3.06. The van der Waals surface area contributed by atoms with E-state index in [2.05, 4.69) is 4.98 Å². The zero-order valence-electron chi connectivity index (χ0n) is 10.6. The fraction of sp³-hybridized carbons (Fsp3) is 0.250. The molecule has 0 unspecified atom stereocenters. The van der Waals surface area contributed by atoms with Gasteiger partial charge in [0.1, 0.15) is 5.78 Å². The lowest BCUT2D eigenvalue weighted by atomic mass is 10.0. The monoisotopic (exact) mass is 239 g/mol. The number of carbonyl (C=O) groups is 1. The molecular weight excluding hydrogens is 222 g/mol. The first-order valence-electron chi connectivity index (χ1n) is 6.21. The summed E-state index contributed by atoms with van der Waals surface area (Å²) in [6, 6.07) is 12.0. The van der Waals surface area contributed by atoms with Crippen molar-refractivity contribution in [1.29, 1.82) is 0 Å². The van der Waals surface area contributed by atoms with Gasteiger partial charge >= 0.3 is 0 Å². The molecule has 1 heterocycles. The van der Waals surface area contributed by atoms with Crippen molar-refractivity contribution < 1.29 is 4.79 Å². The lowest BCUT2D eigenvalue weighted by Gasteiger charge is -2.04. The van der Waals surface area contributed by atoms with E-state index in [4.69, 9.17) is 0 Å². The van der Waals surface area contributed by atoms with E-state index in [-0.39, 0.29) is 5.78 Å². The highest BCUT2D eigenvalue weighted by Crippen LogP contribution is 2.10. The lowest BCUT2D eigenvalue weighted by Crippen LogP contribution is -2.05. The van der Waals surface area contributed by atoms with Gasteiger partial charge in [0.25, 0.3) is 0 Å². The number of hydrogen-bond donors (Lipinski definition) is 0. The number of carbonyl (C=O) groups excluding carboxylic acids is 1. The number of benzene rings is 1. The summed E-state index contributed by atoms with van der Waals surface area (Å²) in [7, 11) is 0. The molecule has 0 saturated heterocycles. The van der Waals surface area contributed by atoms with Crippen molar-refractivity contribution in [3.05, 3.63) is 65.5 Å². The van der Waals surface area contributed by atoms with Crippen molar-refractivity contribution in [1.82, 2.24) is 4.98 Å². The standard InChI is InChI=1S/C16H17NO/c1-13-5-2-3-7-15(13)11-16(18)9-8-14-6-4-10-17-12-14/h2-7,10,12H,8-9,11H2,1H3. The molecule has 2 nitrogen and oxygen atoms in total. The number of Topliss-reactive ketones (excluding diaryl/α,β-unsaturated/α-hetero) is 1. The van der Waals surface area contributed by atoms with Gasteiger partial charge in [-0.3, -0.25) is 9.78 Å². The molecule has 0 aliphatic heterocycles. The molecule has 1 aromatic carbocycles. The fourth-order valence-electron chi connectivity index (χ4n) is 1.94. The van der Waals surface area contributed by atoms with Crippen molar-refractivity contribution in [2.24, 2.45) is 0 Å². The van der Waals surface area contributed by atoms with Crippen LogP contribution in [0.3, 0.4) is 0 Å². The summed E-state index contributed by atoms with van der Waals surface area (Å²) in [6.45, 7) is 2.05. The summed E-state index contributed by atoms with van der Waals surface area (Å²) in [6.07, 6.45) is 5.46. The van der Waals surface area contributed by atoms with E-state index in [1.165, 1.54) is 5.56 Å². The van der Waals surface area contributed by atoms with Crippen LogP contribution in [0.25, 0.3) is 0 Å². The molecule has 2 rings (SSSR count). The maximum atomic E-state index is 11.9. The molecule has 1 aromatic heterocycles. The number of pyridine rings is 1. The Hall–Kier alpha value is -1.96. The van der Waals surface area contributed by atoms with Gasteiger partial charge < -0.3 is 0 Å². The zero-order chi connectivity index (χ0) is 12.8. The largest absolute Gasteiger partial charge is 0.299 e. The lowest BCUT2D eigenvalue weighted by molar-refractivity contribution is -0.118. The second-order valence-corrected chi connectivity index (χ2v) is 4.50. The van der Waals surface area contributed by atoms with E-state index >= 15 is 0 Å². The van der Waals surface area contributed by atoms with Crippen LogP contribution in [-0.2, 0) is 17.6 Å². The molecular formula is C16H17NO. The number of ketones is 1. The van der Waals surface area contributed by atoms with E-state index in [1.807, 2.05) is 49.5 Å². The molecule has 0 saturated carbocycles. The van der Waals surface area contributed by atoms with Gasteiger partial charge in [0.2, 0.25) is 0 Å². The minimum absolute atomic E-state index is 0.285. The van der Waals surface area contributed by atoms with Gasteiger partial charge in [0.05, 0.1) is 0 Å². The first-order chi connectivity index (χ1) is 8.75. The highest BCUT2D eigenvalue weighted by molar-refractivity contribution is 5.81. The molecule has 18 heavy (non-hydrogen) atoms. The molecule has 0 fully saturated rings. The average molecular weight is 239 g/mol. The number of aryl methyl sites for hydroxylation is 2. The smallest absolute Gasteiger partial charge is 0.137 e. The van der Waals surface area contributed by atoms with Crippen LogP contribution in [0.2, 0.25) is 0 Å². The van der Waals surface area contributed by atoms with Crippen LogP contribution in [-0.4, -0.2) is 10.8 Å². The highest BCUT2D eigenvalue weighted by atomic mass is 16.1. The summed E-state index contributed by atoms with van der Waals surface area (Å²) < 4.78 is 0. The van der Waals surface area contributed by atoms with E-state index in [1.54, 1.807) is 6.20 Å². The topological polar surface area (TPSA) is 30.0 Å². The van der Waals surface area contributed by atoms with Crippen molar-refractivity contribution in [2.75, 3.05) is 0 Å². The first-order valence-corrected chi connectivity index (χ1v) is 6.21. The Morgan fingerprint density at radius 3 is 2.72 bits per heavy atom. The molecule has 2 heteroatoms. The maximum absolute atomic E-state index is 11.9. The van der Waals surface area contributed by atoms with Crippen LogP contribution in [0.5, 0.6) is 0 Å². The second-order valence-electron chi connectivity index (χ2n) is 4.50. The van der Waals surface area contributed by atoms with Crippen molar-refractivity contribution in [3.8, 4) is 0 Å². The predicted molar refractivity (Wildman–Crippen MR) is 72.4 cm³/mol. The number of aromatic nitrogens is 1. The van der Waals surface area contributed by atoms with Crippen LogP contribution in [0.4, 0.5) is 0 Å². The van der Waals surface area contributed by atoms with Crippen LogP contribution >= 0.6 is 0 Å². The molecule has 0 amide bonds. The molecule has 0 spiro atoms. The van der Waals surface area contributed by atoms with Crippen LogP contribution in [0.1, 0.15) is 23.1 Å². The average Bonchev–Trinajstić information content (AvgIpc) is 2.40. The van der Waals surface area contributed by atoms with Crippen molar-refractivity contribution >= 4 is 5.78 Å². The van der Waals surface area contributed by atoms with Crippen LogP contribution in [0.15, 0.2) is 48.8 Å². The van der Waals surface area contributed by atoms with Gasteiger partial charge in [-0.1, -0.05) is 30.3 Å². The first kappa shape index (κ1) is 12.5. The normalized spacial score (nSPS) is 10.3. The van der Waals surface area contributed by atoms with Crippen molar-refractivity contribution in [3.63, 3.8) is 0 Å². The molecule has 0 aliphatic carbocycles. The van der Waals surface area contributed by atoms with Crippen molar-refractivity contribution in [2.45, 2.75) is 26.2 Å². The van der Waals surface area contributed by atoms with E-state index < -0.39 is 0 Å². The molecule has 0 atom stereocenters. The van der Waals surface area contributed by atoms with Crippen LogP contribution in [0, 0.1) is 6.92 Å². The van der Waals surface area contributed by atoms with Gasteiger partial charge in [-0.25, -0.2) is 0 Å². The Kier molecular flexibility index (Phi) is 4.24. The molecule has 0 N–H and O–H groups in total. The number of rotatable bonds is 5. The third-order valence-corrected chi connectivity index (χ3v) is 3.06. The maximum Gasteiger partial charge on any atom is 0.137 e. The van der Waals surface area contributed by atoms with E-state index in [0.717, 1.165) is 17.5 Å². The Morgan fingerprint density at radius 1 is 1.17 bits per heavy atom. The van der Waals surface area contributed by atoms with Gasteiger partial charge in [-0.2, -0.15) is 0 Å². The second kappa shape index (κ2) is 6.10. The fourth-order valence-corrected chi connectivity index (χ4v) is 1.94. The third kappa shape index (κ3) is 3.52. The quantitative estimate of drug-likeness (QED) is 0.802. The highest BCUT2D eigenvalue weighted by Gasteiger charge is 2.06. The van der Waals surface area contributed by atoms with Gasteiger partial charge in [-0.05, 0) is 36.1 Å². The Labute approximate surface area is 108 Å². The minimum atomic E-state index is 0.285. The Morgan fingerprint density at radius 2 is 2.00 bits per heavy atom.